The summed E-state index contributed by atoms with van der Waals surface area (Å²) in [6.45, 7) is 3.07. The van der Waals surface area contributed by atoms with Crippen molar-refractivity contribution in [3.63, 3.8) is 0 Å². The number of aliphatic hydroxyl groups is 1. The Morgan fingerprint density at radius 1 is 1.47 bits per heavy atom. The quantitative estimate of drug-likeness (QED) is 0.653. The van der Waals surface area contributed by atoms with Crippen LogP contribution in [0.3, 0.4) is 0 Å². The summed E-state index contributed by atoms with van der Waals surface area (Å²) in [5, 5.41) is 19.8. The second kappa shape index (κ2) is 4.51. The molecule has 0 unspecified atom stereocenters. The molecule has 0 saturated heterocycles. The van der Waals surface area contributed by atoms with Crippen LogP contribution in [0.5, 0.6) is 5.75 Å². The van der Waals surface area contributed by atoms with E-state index in [9.17, 15) is 14.9 Å². The number of hydrogen-bond acceptors (Lipinski definition) is 5. The molecule has 1 aromatic carbocycles. The SMILES string of the molecule is CC1(C)Oc2ccc([N+](=O)[O-])cc2N(CCO)C1=O. The molecule has 1 aromatic rings. The van der Waals surface area contributed by atoms with Crippen LogP contribution in [-0.4, -0.2) is 34.7 Å². The number of amides is 1. The maximum atomic E-state index is 12.2. The molecule has 1 N–H and O–H groups in total. The maximum Gasteiger partial charge on any atom is 0.271 e. The van der Waals surface area contributed by atoms with Gasteiger partial charge in [-0.05, 0) is 19.9 Å². The van der Waals surface area contributed by atoms with E-state index in [4.69, 9.17) is 9.84 Å². The van der Waals surface area contributed by atoms with Gasteiger partial charge in [0.25, 0.3) is 11.6 Å². The van der Waals surface area contributed by atoms with Gasteiger partial charge < -0.3 is 14.7 Å². The molecule has 1 heterocycles. The first-order valence-corrected chi connectivity index (χ1v) is 5.77. The van der Waals surface area contributed by atoms with E-state index >= 15 is 0 Å². The third-order valence-electron chi connectivity index (χ3n) is 2.89. The summed E-state index contributed by atoms with van der Waals surface area (Å²) in [6, 6.07) is 4.06. The topological polar surface area (TPSA) is 92.9 Å². The van der Waals surface area contributed by atoms with Crippen molar-refractivity contribution in [2.45, 2.75) is 19.4 Å². The van der Waals surface area contributed by atoms with Gasteiger partial charge in [-0.2, -0.15) is 0 Å². The van der Waals surface area contributed by atoms with Gasteiger partial charge in [0.15, 0.2) is 5.60 Å². The first-order valence-electron chi connectivity index (χ1n) is 5.77. The molecule has 1 amide bonds. The molecule has 0 fully saturated rings. The zero-order chi connectivity index (χ0) is 14.2. The van der Waals surface area contributed by atoms with E-state index in [1.165, 1.54) is 23.1 Å². The molecule has 7 nitrogen and oxygen atoms in total. The van der Waals surface area contributed by atoms with Crippen LogP contribution in [0.4, 0.5) is 11.4 Å². The number of fused-ring (bicyclic) bond motifs is 1. The number of β-amino-alcohol motifs (C(OH)–C–C–N with tert-alkyl or cyclic N) is 1. The molecule has 0 spiro atoms. The molecule has 7 heteroatoms. The molecule has 0 saturated carbocycles. The van der Waals surface area contributed by atoms with Crippen molar-refractivity contribution < 1.29 is 19.6 Å². The molecule has 1 aliphatic rings. The Morgan fingerprint density at radius 3 is 2.74 bits per heavy atom. The molecule has 102 valence electrons. The van der Waals surface area contributed by atoms with Crippen LogP contribution in [0, 0.1) is 10.1 Å². The van der Waals surface area contributed by atoms with Gasteiger partial charge in [-0.25, -0.2) is 0 Å². The first kappa shape index (κ1) is 13.3. The largest absolute Gasteiger partial charge is 0.476 e. The van der Waals surface area contributed by atoms with E-state index in [1.54, 1.807) is 13.8 Å². The average Bonchev–Trinajstić information content (AvgIpc) is 2.34. The number of anilines is 1. The highest BCUT2D eigenvalue weighted by Gasteiger charge is 2.41. The second-order valence-corrected chi connectivity index (χ2v) is 4.70. The fraction of sp³-hybridized carbons (Fsp3) is 0.417. The van der Waals surface area contributed by atoms with Crippen LogP contribution in [0.2, 0.25) is 0 Å². The van der Waals surface area contributed by atoms with Crippen molar-refractivity contribution in [3.8, 4) is 5.75 Å². The van der Waals surface area contributed by atoms with Crippen LogP contribution in [0.15, 0.2) is 18.2 Å². The Morgan fingerprint density at radius 2 is 2.16 bits per heavy atom. The fourth-order valence-corrected chi connectivity index (χ4v) is 1.99. The smallest absolute Gasteiger partial charge is 0.271 e. The number of carbonyl (C=O) groups is 1. The molecular weight excluding hydrogens is 252 g/mol. The standard InChI is InChI=1S/C12H14N2O5/c1-12(2)11(16)13(5-6-15)9-7-8(14(17)18)3-4-10(9)19-12/h3-4,7,15H,5-6H2,1-2H3. The normalized spacial score (nSPS) is 16.8. The van der Waals surface area contributed by atoms with Crippen molar-refractivity contribution in [1.29, 1.82) is 0 Å². The molecule has 0 aromatic heterocycles. The summed E-state index contributed by atoms with van der Waals surface area (Å²) in [5.41, 5.74) is -0.872. The Hall–Kier alpha value is -2.15. The predicted octanol–water partition coefficient (Wildman–Crippen LogP) is 1.09. The summed E-state index contributed by atoms with van der Waals surface area (Å²) in [5.74, 6) is 0.0539. The van der Waals surface area contributed by atoms with E-state index in [0.717, 1.165) is 0 Å². The second-order valence-electron chi connectivity index (χ2n) is 4.70. The molecule has 0 bridgehead atoms. The lowest BCUT2D eigenvalue weighted by molar-refractivity contribution is -0.384. The number of carbonyl (C=O) groups excluding carboxylic acids is 1. The molecule has 19 heavy (non-hydrogen) atoms. The lowest BCUT2D eigenvalue weighted by atomic mass is 10.0. The summed E-state index contributed by atoms with van der Waals surface area (Å²) >= 11 is 0. The van der Waals surface area contributed by atoms with Gasteiger partial charge in [-0.15, -0.1) is 0 Å². The van der Waals surface area contributed by atoms with E-state index < -0.39 is 10.5 Å². The minimum absolute atomic E-state index is 0.0692. The molecular formula is C12H14N2O5. The van der Waals surface area contributed by atoms with Crippen molar-refractivity contribution in [2.24, 2.45) is 0 Å². The monoisotopic (exact) mass is 266 g/mol. The molecule has 0 radical (unpaired) electrons. The van der Waals surface area contributed by atoms with Crippen molar-refractivity contribution in [1.82, 2.24) is 0 Å². The molecule has 0 atom stereocenters. The van der Waals surface area contributed by atoms with E-state index in [1.807, 2.05) is 0 Å². The predicted molar refractivity (Wildman–Crippen MR) is 67.2 cm³/mol. The highest BCUT2D eigenvalue weighted by molar-refractivity contribution is 6.02. The number of hydrogen-bond donors (Lipinski definition) is 1. The molecule has 1 aliphatic heterocycles. The van der Waals surface area contributed by atoms with Crippen LogP contribution in [-0.2, 0) is 4.79 Å². The summed E-state index contributed by atoms with van der Waals surface area (Å²) in [4.78, 5) is 23.7. The van der Waals surface area contributed by atoms with Gasteiger partial charge in [0, 0.05) is 18.7 Å². The Labute approximate surface area is 109 Å². The number of nitrogens with zero attached hydrogens (tertiary/aromatic N) is 2. The Balaban J connectivity index is 2.53. The number of rotatable bonds is 3. The van der Waals surface area contributed by atoms with Crippen LogP contribution in [0.1, 0.15) is 13.8 Å². The zero-order valence-electron chi connectivity index (χ0n) is 10.6. The number of non-ortho nitro benzene ring substituents is 1. The molecule has 2 rings (SSSR count). The first-order chi connectivity index (χ1) is 8.86. The van der Waals surface area contributed by atoms with Crippen LogP contribution in [0.25, 0.3) is 0 Å². The van der Waals surface area contributed by atoms with E-state index in [-0.39, 0.29) is 24.7 Å². The van der Waals surface area contributed by atoms with Crippen LogP contribution < -0.4 is 9.64 Å². The highest BCUT2D eigenvalue weighted by Crippen LogP contribution is 2.39. The fourth-order valence-electron chi connectivity index (χ4n) is 1.99. The minimum atomic E-state index is -1.06. The van der Waals surface area contributed by atoms with E-state index in [2.05, 4.69) is 0 Å². The summed E-state index contributed by atoms with van der Waals surface area (Å²) in [6.07, 6.45) is 0. The zero-order valence-corrected chi connectivity index (χ0v) is 10.6. The Bertz CT molecular complexity index is 541. The average molecular weight is 266 g/mol. The summed E-state index contributed by atoms with van der Waals surface area (Å²) < 4.78 is 5.55. The number of nitro groups is 1. The van der Waals surface area contributed by atoms with E-state index in [0.29, 0.717) is 11.4 Å². The number of ether oxygens (including phenoxy) is 1. The number of benzene rings is 1. The van der Waals surface area contributed by atoms with Gasteiger partial charge >= 0.3 is 0 Å². The summed E-state index contributed by atoms with van der Waals surface area (Å²) in [7, 11) is 0. The van der Waals surface area contributed by atoms with Crippen molar-refractivity contribution in [3.05, 3.63) is 28.3 Å². The van der Waals surface area contributed by atoms with Gasteiger partial charge in [-0.3, -0.25) is 14.9 Å². The minimum Gasteiger partial charge on any atom is -0.476 e. The van der Waals surface area contributed by atoms with Gasteiger partial charge in [0.1, 0.15) is 5.75 Å². The van der Waals surface area contributed by atoms with Gasteiger partial charge in [0.05, 0.1) is 17.2 Å². The number of nitro benzene ring substituents is 1. The highest BCUT2D eigenvalue weighted by atomic mass is 16.6. The van der Waals surface area contributed by atoms with Gasteiger partial charge in [0.2, 0.25) is 0 Å². The third-order valence-corrected chi connectivity index (χ3v) is 2.89. The lowest BCUT2D eigenvalue weighted by Gasteiger charge is -2.38. The van der Waals surface area contributed by atoms with Crippen LogP contribution >= 0.6 is 0 Å². The Kier molecular flexibility index (Phi) is 3.15. The third kappa shape index (κ3) is 2.24. The van der Waals surface area contributed by atoms with Gasteiger partial charge in [-0.1, -0.05) is 0 Å². The molecule has 0 aliphatic carbocycles. The maximum absolute atomic E-state index is 12.2. The van der Waals surface area contributed by atoms with Crippen molar-refractivity contribution in [2.75, 3.05) is 18.1 Å². The van der Waals surface area contributed by atoms with Crippen molar-refractivity contribution >= 4 is 17.3 Å². The lowest BCUT2D eigenvalue weighted by Crippen LogP contribution is -2.53. The number of aliphatic hydroxyl groups excluding tert-OH is 1.